The number of nitrogens with one attached hydrogen (secondary N) is 2. The van der Waals surface area contributed by atoms with Crippen LogP contribution < -0.4 is 10.6 Å². The van der Waals surface area contributed by atoms with Gasteiger partial charge in [0, 0.05) is 11.0 Å². The van der Waals surface area contributed by atoms with E-state index < -0.39 is 29.2 Å². The molecule has 1 aromatic carbocycles. The summed E-state index contributed by atoms with van der Waals surface area (Å²) in [6, 6.07) is 9.64. The van der Waals surface area contributed by atoms with Gasteiger partial charge in [0.05, 0.1) is 12.2 Å². The predicted molar refractivity (Wildman–Crippen MR) is 93.8 cm³/mol. The Balaban J connectivity index is 1.66. The number of hydrogen-bond acceptors (Lipinski definition) is 5. The van der Waals surface area contributed by atoms with Crippen LogP contribution in [0.15, 0.2) is 58.2 Å². The Hall–Kier alpha value is -2.68. The monoisotopic (exact) mass is 396 g/mol. The highest BCUT2D eigenvalue weighted by molar-refractivity contribution is 8.02. The molecule has 3 rings (SSSR count). The molecule has 0 spiro atoms. The van der Waals surface area contributed by atoms with Crippen molar-refractivity contribution in [1.29, 1.82) is 0 Å². The fourth-order valence-electron chi connectivity index (χ4n) is 2.47. The molecule has 1 unspecified atom stereocenters. The van der Waals surface area contributed by atoms with E-state index in [2.05, 4.69) is 10.6 Å². The number of hydrogen-bond donors (Lipinski definition) is 2. The number of carbonyl (C=O) groups is 2. The molecule has 5 nitrogen and oxygen atoms in total. The lowest BCUT2D eigenvalue weighted by Crippen LogP contribution is -2.43. The van der Waals surface area contributed by atoms with Crippen LogP contribution >= 0.6 is 11.8 Å². The third-order valence-electron chi connectivity index (χ3n) is 3.97. The Kier molecular flexibility index (Phi) is 5.31. The summed E-state index contributed by atoms with van der Waals surface area (Å²) < 4.78 is 43.0. The summed E-state index contributed by atoms with van der Waals surface area (Å²) in [5, 5.41) is 5.66. The zero-order valence-corrected chi connectivity index (χ0v) is 14.9. The van der Waals surface area contributed by atoms with Gasteiger partial charge >= 0.3 is 6.18 Å². The van der Waals surface area contributed by atoms with Gasteiger partial charge in [-0.2, -0.15) is 13.2 Å². The first-order valence-corrected chi connectivity index (χ1v) is 8.88. The highest BCUT2D eigenvalue weighted by Gasteiger charge is 2.38. The number of thioether (sulfide) groups is 1. The third-order valence-corrected chi connectivity index (χ3v) is 4.85. The number of amides is 1. The Morgan fingerprint density at radius 1 is 1.26 bits per heavy atom. The molecule has 1 aliphatic rings. The smallest absolute Gasteiger partial charge is 0.431 e. The van der Waals surface area contributed by atoms with E-state index in [0.717, 1.165) is 17.2 Å². The Morgan fingerprint density at radius 3 is 2.67 bits per heavy atom. The van der Waals surface area contributed by atoms with Gasteiger partial charge in [-0.05, 0) is 30.7 Å². The molecule has 0 radical (unpaired) electrons. The first-order chi connectivity index (χ1) is 12.8. The second kappa shape index (κ2) is 7.51. The maximum atomic E-state index is 12.6. The number of benzene rings is 1. The lowest BCUT2D eigenvalue weighted by atomic mass is 9.96. The molecule has 9 heteroatoms. The van der Waals surface area contributed by atoms with Gasteiger partial charge in [-0.3, -0.25) is 9.59 Å². The van der Waals surface area contributed by atoms with Crippen molar-refractivity contribution < 1.29 is 27.2 Å². The van der Waals surface area contributed by atoms with E-state index in [1.54, 1.807) is 43.3 Å². The first kappa shape index (κ1) is 19.1. The summed E-state index contributed by atoms with van der Waals surface area (Å²) >= 11 is 0.833. The van der Waals surface area contributed by atoms with Crippen LogP contribution in [0.4, 0.5) is 13.2 Å². The van der Waals surface area contributed by atoms with E-state index in [-0.39, 0.29) is 11.5 Å². The third kappa shape index (κ3) is 4.36. The molecule has 0 saturated carbocycles. The lowest BCUT2D eigenvalue weighted by Gasteiger charge is -2.19. The van der Waals surface area contributed by atoms with Crippen molar-refractivity contribution in [3.05, 3.63) is 70.7 Å². The summed E-state index contributed by atoms with van der Waals surface area (Å²) in [6.07, 6.45) is -3.10. The Labute approximate surface area is 157 Å². The topological polar surface area (TPSA) is 71.3 Å². The van der Waals surface area contributed by atoms with E-state index in [0.29, 0.717) is 11.1 Å². The van der Waals surface area contributed by atoms with Crippen LogP contribution in [-0.2, 0) is 4.79 Å². The average molecular weight is 396 g/mol. The molecule has 1 amide bonds. The molecular weight excluding hydrogens is 381 g/mol. The molecular formula is C18H15F3N2O3S. The molecule has 27 heavy (non-hydrogen) atoms. The Bertz CT molecular complexity index is 878. The van der Waals surface area contributed by atoms with E-state index >= 15 is 0 Å². The minimum Gasteiger partial charge on any atom is -0.461 e. The summed E-state index contributed by atoms with van der Waals surface area (Å²) in [5.74, 6) is -1.26. The number of alkyl halides is 3. The largest absolute Gasteiger partial charge is 0.461 e. The van der Waals surface area contributed by atoms with E-state index in [1.807, 2.05) is 0 Å². The van der Waals surface area contributed by atoms with Crippen LogP contribution in [0.3, 0.4) is 0 Å². The molecule has 2 N–H and O–H groups in total. The van der Waals surface area contributed by atoms with Crippen molar-refractivity contribution in [2.75, 3.05) is 0 Å². The fraction of sp³-hybridized carbons (Fsp3) is 0.222. The molecule has 142 valence electrons. The van der Waals surface area contributed by atoms with Gasteiger partial charge in [-0.25, -0.2) is 0 Å². The SMILES string of the molecule is CC(C(=O)N[C@H]1NC(C(F)(F)F)=CS1)c1cccc(C(=O)c2ccco2)c1. The van der Waals surface area contributed by atoms with E-state index in [9.17, 15) is 22.8 Å². The number of carbonyl (C=O) groups excluding carboxylic acids is 2. The summed E-state index contributed by atoms with van der Waals surface area (Å²) in [4.78, 5) is 24.7. The summed E-state index contributed by atoms with van der Waals surface area (Å²) in [5.41, 5.74) is -0.866. The number of allylic oxidation sites excluding steroid dienone is 1. The predicted octanol–water partition coefficient (Wildman–Crippen LogP) is 3.75. The molecule has 2 heterocycles. The van der Waals surface area contributed by atoms with Gasteiger partial charge in [0.15, 0.2) is 11.3 Å². The van der Waals surface area contributed by atoms with Gasteiger partial charge in [-0.1, -0.05) is 30.0 Å². The normalized spacial score (nSPS) is 17.8. The van der Waals surface area contributed by atoms with Gasteiger partial charge < -0.3 is 15.1 Å². The molecule has 1 aliphatic heterocycles. The summed E-state index contributed by atoms with van der Waals surface area (Å²) in [6.45, 7) is 1.61. The highest BCUT2D eigenvalue weighted by atomic mass is 32.2. The van der Waals surface area contributed by atoms with Gasteiger partial charge in [0.1, 0.15) is 5.70 Å². The number of ketones is 1. The van der Waals surface area contributed by atoms with Crippen molar-refractivity contribution >= 4 is 23.5 Å². The molecule has 1 aromatic heterocycles. The minimum atomic E-state index is -4.49. The molecule has 0 bridgehead atoms. The van der Waals surface area contributed by atoms with Crippen LogP contribution in [0, 0.1) is 0 Å². The summed E-state index contributed by atoms with van der Waals surface area (Å²) in [7, 11) is 0. The van der Waals surface area contributed by atoms with Crippen molar-refractivity contribution in [3.63, 3.8) is 0 Å². The molecule has 0 saturated heterocycles. The van der Waals surface area contributed by atoms with Crippen LogP contribution in [0.1, 0.15) is 34.5 Å². The second-order valence-corrected chi connectivity index (χ2v) is 6.83. The molecule has 0 aliphatic carbocycles. The van der Waals surface area contributed by atoms with Crippen LogP contribution in [0.5, 0.6) is 0 Å². The quantitative estimate of drug-likeness (QED) is 0.754. The Morgan fingerprint density at radius 2 is 2.04 bits per heavy atom. The zero-order valence-electron chi connectivity index (χ0n) is 14.0. The zero-order chi connectivity index (χ0) is 19.6. The lowest BCUT2D eigenvalue weighted by molar-refractivity contribution is -0.123. The van der Waals surface area contributed by atoms with Crippen LogP contribution in [0.2, 0.25) is 0 Å². The maximum Gasteiger partial charge on any atom is 0.431 e. The number of halogens is 3. The highest BCUT2D eigenvalue weighted by Crippen LogP contribution is 2.32. The van der Waals surface area contributed by atoms with Crippen LogP contribution in [-0.4, -0.2) is 23.4 Å². The van der Waals surface area contributed by atoms with Gasteiger partial charge in [-0.15, -0.1) is 0 Å². The van der Waals surface area contributed by atoms with Crippen molar-refractivity contribution in [1.82, 2.24) is 10.6 Å². The van der Waals surface area contributed by atoms with E-state index in [4.69, 9.17) is 4.42 Å². The van der Waals surface area contributed by atoms with Gasteiger partial charge in [0.2, 0.25) is 11.7 Å². The van der Waals surface area contributed by atoms with Crippen molar-refractivity contribution in [3.8, 4) is 0 Å². The second-order valence-electron chi connectivity index (χ2n) is 5.85. The average Bonchev–Trinajstić information content (AvgIpc) is 3.32. The fourth-order valence-corrected chi connectivity index (χ4v) is 3.32. The minimum absolute atomic E-state index is 0.182. The van der Waals surface area contributed by atoms with Crippen molar-refractivity contribution in [2.24, 2.45) is 0 Å². The maximum absolute atomic E-state index is 12.6. The van der Waals surface area contributed by atoms with Gasteiger partial charge in [0.25, 0.3) is 0 Å². The molecule has 0 fully saturated rings. The number of rotatable bonds is 5. The first-order valence-electron chi connectivity index (χ1n) is 7.93. The standard InChI is InChI=1S/C18H15F3N2O3S/c1-10(16(25)23-17-22-14(9-27-17)18(19,20)21)11-4-2-5-12(8-11)15(24)13-6-3-7-26-13/h2-10,17,22H,1H3,(H,23,25)/t10?,17-/m1/s1. The van der Waals surface area contributed by atoms with Crippen molar-refractivity contribution in [2.45, 2.75) is 24.5 Å². The van der Waals surface area contributed by atoms with Crippen LogP contribution in [0.25, 0.3) is 0 Å². The number of furan rings is 1. The molecule has 2 aromatic rings. The van der Waals surface area contributed by atoms with E-state index in [1.165, 1.54) is 6.26 Å². The molecule has 2 atom stereocenters.